The second-order valence-electron chi connectivity index (χ2n) is 5.52. The highest BCUT2D eigenvalue weighted by Crippen LogP contribution is 2.42. The molecule has 23 heavy (non-hydrogen) atoms. The van der Waals surface area contributed by atoms with Gasteiger partial charge in [0.15, 0.2) is 0 Å². The molecule has 0 aliphatic heterocycles. The molecule has 2 aromatic heterocycles. The molecule has 1 aliphatic carbocycles. The summed E-state index contributed by atoms with van der Waals surface area (Å²) in [5.74, 6) is -0.826. The maximum Gasteiger partial charge on any atom is 0.311 e. The van der Waals surface area contributed by atoms with Crippen LogP contribution in [0.15, 0.2) is 17.4 Å². The topological polar surface area (TPSA) is 81.4 Å². The predicted octanol–water partition coefficient (Wildman–Crippen LogP) is 1.95. The minimum Gasteiger partial charge on any atom is -0.481 e. The first-order chi connectivity index (χ1) is 11.1. The van der Waals surface area contributed by atoms with Crippen molar-refractivity contribution in [1.82, 2.24) is 9.55 Å². The molecule has 2 aromatic rings. The number of methoxy groups -OCH3 is 1. The van der Waals surface area contributed by atoms with E-state index in [2.05, 4.69) is 11.6 Å². The van der Waals surface area contributed by atoms with Gasteiger partial charge in [0, 0.05) is 25.0 Å². The highest BCUT2D eigenvalue weighted by Gasteiger charge is 2.34. The third kappa shape index (κ3) is 2.60. The zero-order valence-electron chi connectivity index (χ0n) is 12.9. The van der Waals surface area contributed by atoms with Gasteiger partial charge in [-0.15, -0.1) is 17.9 Å². The van der Waals surface area contributed by atoms with Crippen LogP contribution in [0.3, 0.4) is 0 Å². The number of ether oxygens (including phenoxy) is 1. The van der Waals surface area contributed by atoms with E-state index in [0.717, 1.165) is 4.88 Å². The Labute approximate surface area is 137 Å². The third-order valence-electron chi connectivity index (χ3n) is 4.15. The minimum atomic E-state index is -0.874. The van der Waals surface area contributed by atoms with Crippen molar-refractivity contribution in [2.75, 3.05) is 13.7 Å². The summed E-state index contributed by atoms with van der Waals surface area (Å²) in [6, 6.07) is 0. The molecule has 7 heteroatoms. The van der Waals surface area contributed by atoms with E-state index >= 15 is 0 Å². The van der Waals surface area contributed by atoms with Crippen LogP contribution in [-0.2, 0) is 28.9 Å². The SMILES string of the molecule is C=CCn1c(CCOC)nc2sc3c(c2c1=O)C(C(=O)O)CC3. The Balaban J connectivity index is 2.24. The number of nitrogens with zero attached hydrogens (tertiary/aromatic N) is 2. The van der Waals surface area contributed by atoms with Gasteiger partial charge in [-0.1, -0.05) is 6.08 Å². The molecule has 122 valence electrons. The summed E-state index contributed by atoms with van der Waals surface area (Å²) in [6.07, 6.45) is 3.42. The molecule has 2 heterocycles. The lowest BCUT2D eigenvalue weighted by molar-refractivity contribution is -0.138. The van der Waals surface area contributed by atoms with E-state index in [1.807, 2.05) is 0 Å². The van der Waals surface area contributed by atoms with E-state index in [0.29, 0.717) is 54.0 Å². The van der Waals surface area contributed by atoms with Crippen LogP contribution in [-0.4, -0.2) is 34.3 Å². The van der Waals surface area contributed by atoms with Gasteiger partial charge < -0.3 is 9.84 Å². The second-order valence-corrected chi connectivity index (χ2v) is 6.61. The molecule has 0 bridgehead atoms. The second kappa shape index (κ2) is 6.25. The van der Waals surface area contributed by atoms with E-state index in [1.165, 1.54) is 11.3 Å². The number of hydrogen-bond acceptors (Lipinski definition) is 5. The number of carbonyl (C=O) groups is 1. The molecule has 0 fully saturated rings. The van der Waals surface area contributed by atoms with Gasteiger partial charge in [0.25, 0.3) is 5.56 Å². The molecule has 1 aliphatic rings. The average molecular weight is 334 g/mol. The van der Waals surface area contributed by atoms with Gasteiger partial charge in [-0.3, -0.25) is 14.2 Å². The van der Waals surface area contributed by atoms with Crippen LogP contribution < -0.4 is 5.56 Å². The number of rotatable bonds is 6. The highest BCUT2D eigenvalue weighted by atomic mass is 32.1. The molecule has 1 unspecified atom stereocenters. The number of allylic oxidation sites excluding steroid dienone is 1. The molecule has 1 N–H and O–H groups in total. The van der Waals surface area contributed by atoms with Gasteiger partial charge in [0.1, 0.15) is 10.7 Å². The molecule has 3 rings (SSSR count). The van der Waals surface area contributed by atoms with E-state index in [4.69, 9.17) is 4.74 Å². The van der Waals surface area contributed by atoms with Crippen molar-refractivity contribution < 1.29 is 14.6 Å². The molecule has 1 atom stereocenters. The van der Waals surface area contributed by atoms with Crippen molar-refractivity contribution in [3.05, 3.63) is 39.3 Å². The minimum absolute atomic E-state index is 0.174. The zero-order chi connectivity index (χ0) is 16.6. The number of thiophene rings is 1. The zero-order valence-corrected chi connectivity index (χ0v) is 13.7. The number of aryl methyl sites for hydroxylation is 1. The Kier molecular flexibility index (Phi) is 4.32. The molecule has 0 amide bonds. The third-order valence-corrected chi connectivity index (χ3v) is 5.31. The van der Waals surface area contributed by atoms with Crippen molar-refractivity contribution in [3.63, 3.8) is 0 Å². The summed E-state index contributed by atoms with van der Waals surface area (Å²) >= 11 is 1.44. The smallest absolute Gasteiger partial charge is 0.311 e. The first-order valence-corrected chi connectivity index (χ1v) is 8.27. The first-order valence-electron chi connectivity index (χ1n) is 7.46. The van der Waals surface area contributed by atoms with Crippen molar-refractivity contribution in [2.24, 2.45) is 0 Å². The van der Waals surface area contributed by atoms with Crippen LogP contribution in [0.2, 0.25) is 0 Å². The molecule has 6 nitrogen and oxygen atoms in total. The van der Waals surface area contributed by atoms with Crippen molar-refractivity contribution in [1.29, 1.82) is 0 Å². The number of aromatic nitrogens is 2. The maximum atomic E-state index is 12.9. The maximum absolute atomic E-state index is 12.9. The molecule has 0 radical (unpaired) electrons. The average Bonchev–Trinajstić information content (AvgIpc) is 3.06. The largest absolute Gasteiger partial charge is 0.481 e. The summed E-state index contributed by atoms with van der Waals surface area (Å²) in [5, 5.41) is 9.89. The standard InChI is InChI=1S/C16H18N2O4S/c1-3-7-18-11(6-8-22-2)17-14-13(15(18)19)12-9(16(20)21)4-5-10(12)23-14/h3,9H,1,4-8H2,2H3,(H,20,21). The van der Waals surface area contributed by atoms with Gasteiger partial charge >= 0.3 is 5.97 Å². The van der Waals surface area contributed by atoms with Gasteiger partial charge in [0.05, 0.1) is 17.9 Å². The van der Waals surface area contributed by atoms with Crippen LogP contribution >= 0.6 is 11.3 Å². The number of aliphatic carboxylic acids is 1. The molecular weight excluding hydrogens is 316 g/mol. The highest BCUT2D eigenvalue weighted by molar-refractivity contribution is 7.18. The lowest BCUT2D eigenvalue weighted by Gasteiger charge is -2.11. The number of carboxylic acid groups (broad SMARTS) is 1. The van der Waals surface area contributed by atoms with Crippen molar-refractivity contribution in [2.45, 2.75) is 31.7 Å². The monoisotopic (exact) mass is 334 g/mol. The van der Waals surface area contributed by atoms with Crippen LogP contribution in [0.5, 0.6) is 0 Å². The Morgan fingerprint density at radius 1 is 1.61 bits per heavy atom. The lowest BCUT2D eigenvalue weighted by atomic mass is 10.0. The van der Waals surface area contributed by atoms with Gasteiger partial charge in [-0.25, -0.2) is 4.98 Å². The van der Waals surface area contributed by atoms with Gasteiger partial charge in [-0.05, 0) is 18.4 Å². The van der Waals surface area contributed by atoms with Gasteiger partial charge in [-0.2, -0.15) is 0 Å². The Morgan fingerprint density at radius 3 is 3.04 bits per heavy atom. The first kappa shape index (κ1) is 15.9. The number of hydrogen-bond donors (Lipinski definition) is 1. The summed E-state index contributed by atoms with van der Waals surface area (Å²) in [5.41, 5.74) is 0.498. The van der Waals surface area contributed by atoms with Crippen LogP contribution in [0.4, 0.5) is 0 Å². The molecule has 0 aromatic carbocycles. The summed E-state index contributed by atoms with van der Waals surface area (Å²) in [6.45, 7) is 4.51. The molecule has 0 saturated carbocycles. The summed E-state index contributed by atoms with van der Waals surface area (Å²) < 4.78 is 6.65. The number of fused-ring (bicyclic) bond motifs is 3. The normalized spacial score (nSPS) is 16.7. The summed E-state index contributed by atoms with van der Waals surface area (Å²) in [7, 11) is 1.60. The Hall–Kier alpha value is -1.99. The summed E-state index contributed by atoms with van der Waals surface area (Å²) in [4.78, 5) is 30.6. The molecule has 0 spiro atoms. The van der Waals surface area contributed by atoms with Crippen LogP contribution in [0.25, 0.3) is 10.2 Å². The Bertz CT molecular complexity index is 837. The fourth-order valence-corrected chi connectivity index (χ4v) is 4.37. The van der Waals surface area contributed by atoms with E-state index in [1.54, 1.807) is 17.8 Å². The van der Waals surface area contributed by atoms with Crippen molar-refractivity contribution >= 4 is 27.5 Å². The van der Waals surface area contributed by atoms with Crippen LogP contribution in [0, 0.1) is 0 Å². The Morgan fingerprint density at radius 2 is 2.39 bits per heavy atom. The van der Waals surface area contributed by atoms with Crippen molar-refractivity contribution in [3.8, 4) is 0 Å². The van der Waals surface area contributed by atoms with Crippen LogP contribution in [0.1, 0.15) is 28.6 Å². The van der Waals surface area contributed by atoms with E-state index < -0.39 is 11.9 Å². The molecule has 0 saturated heterocycles. The number of carboxylic acids is 1. The van der Waals surface area contributed by atoms with E-state index in [-0.39, 0.29) is 5.56 Å². The fraction of sp³-hybridized carbons (Fsp3) is 0.438. The predicted molar refractivity (Wildman–Crippen MR) is 88.4 cm³/mol. The fourth-order valence-electron chi connectivity index (χ4n) is 3.12. The molecular formula is C16H18N2O4S. The van der Waals surface area contributed by atoms with E-state index in [9.17, 15) is 14.7 Å². The van der Waals surface area contributed by atoms with Gasteiger partial charge in [0.2, 0.25) is 0 Å². The lowest BCUT2D eigenvalue weighted by Crippen LogP contribution is -2.26. The quantitative estimate of drug-likeness (QED) is 0.817.